The highest BCUT2D eigenvalue weighted by atomic mass is 32.2. The summed E-state index contributed by atoms with van der Waals surface area (Å²) in [5.41, 5.74) is 0. The third kappa shape index (κ3) is 8.27. The standard InChI is InChI=1S/C7H17NOS/c1-8-4-3-5-9-6-7-10-2/h8H,3-7H2,1-2H3. The van der Waals surface area contributed by atoms with Crippen molar-refractivity contribution in [2.75, 3.05) is 38.8 Å². The van der Waals surface area contributed by atoms with Crippen molar-refractivity contribution in [1.82, 2.24) is 5.32 Å². The zero-order chi connectivity index (χ0) is 7.66. The van der Waals surface area contributed by atoms with Crippen molar-refractivity contribution in [1.29, 1.82) is 0 Å². The van der Waals surface area contributed by atoms with Crippen molar-refractivity contribution < 1.29 is 4.74 Å². The maximum atomic E-state index is 5.32. The Labute approximate surface area is 67.7 Å². The van der Waals surface area contributed by atoms with Crippen LogP contribution in [0.3, 0.4) is 0 Å². The molecule has 0 bridgehead atoms. The third-order valence-corrected chi connectivity index (χ3v) is 1.72. The molecule has 1 N–H and O–H groups in total. The zero-order valence-corrected chi connectivity index (χ0v) is 7.67. The Kier molecular flexibility index (Phi) is 9.52. The molecule has 0 aromatic heterocycles. The minimum absolute atomic E-state index is 0.890. The van der Waals surface area contributed by atoms with E-state index in [1.807, 2.05) is 18.8 Å². The maximum absolute atomic E-state index is 5.32. The molecule has 0 unspecified atom stereocenters. The molecule has 0 aliphatic rings. The quantitative estimate of drug-likeness (QED) is 0.565. The van der Waals surface area contributed by atoms with Gasteiger partial charge in [-0.1, -0.05) is 0 Å². The first-order valence-corrected chi connectivity index (χ1v) is 5.02. The Morgan fingerprint density at radius 1 is 1.40 bits per heavy atom. The molecule has 3 heteroatoms. The number of hydrogen-bond donors (Lipinski definition) is 1. The van der Waals surface area contributed by atoms with E-state index in [-0.39, 0.29) is 0 Å². The summed E-state index contributed by atoms with van der Waals surface area (Å²) in [4.78, 5) is 0. The van der Waals surface area contributed by atoms with E-state index >= 15 is 0 Å². The molecule has 0 heterocycles. The van der Waals surface area contributed by atoms with Crippen molar-refractivity contribution in [2.45, 2.75) is 6.42 Å². The first-order valence-electron chi connectivity index (χ1n) is 3.63. The number of ether oxygens (including phenoxy) is 1. The van der Waals surface area contributed by atoms with Gasteiger partial charge in [0.25, 0.3) is 0 Å². The number of rotatable bonds is 7. The van der Waals surface area contributed by atoms with Gasteiger partial charge in [0, 0.05) is 12.4 Å². The summed E-state index contributed by atoms with van der Waals surface area (Å²) in [5.74, 6) is 1.11. The van der Waals surface area contributed by atoms with E-state index in [0.717, 1.165) is 31.9 Å². The summed E-state index contributed by atoms with van der Waals surface area (Å²) >= 11 is 1.82. The van der Waals surface area contributed by atoms with Gasteiger partial charge in [0.15, 0.2) is 0 Å². The van der Waals surface area contributed by atoms with Crippen molar-refractivity contribution in [3.05, 3.63) is 0 Å². The molecule has 0 aliphatic carbocycles. The van der Waals surface area contributed by atoms with Crippen LogP contribution in [0.2, 0.25) is 0 Å². The van der Waals surface area contributed by atoms with Gasteiger partial charge in [-0.15, -0.1) is 0 Å². The van der Waals surface area contributed by atoms with Crippen LogP contribution in [0.5, 0.6) is 0 Å². The van der Waals surface area contributed by atoms with Gasteiger partial charge in [-0.05, 0) is 26.3 Å². The lowest BCUT2D eigenvalue weighted by Gasteiger charge is -2.01. The molecule has 0 amide bonds. The molecule has 0 spiro atoms. The third-order valence-electron chi connectivity index (χ3n) is 1.15. The largest absolute Gasteiger partial charge is 0.381 e. The summed E-state index contributed by atoms with van der Waals surface area (Å²) in [7, 11) is 1.96. The summed E-state index contributed by atoms with van der Waals surface area (Å²) in [6.07, 6.45) is 3.21. The van der Waals surface area contributed by atoms with E-state index in [9.17, 15) is 0 Å². The first-order chi connectivity index (χ1) is 4.91. The van der Waals surface area contributed by atoms with E-state index in [2.05, 4.69) is 11.6 Å². The molecular formula is C7H17NOS. The van der Waals surface area contributed by atoms with E-state index in [1.165, 1.54) is 0 Å². The topological polar surface area (TPSA) is 21.3 Å². The predicted molar refractivity (Wildman–Crippen MR) is 47.7 cm³/mol. The van der Waals surface area contributed by atoms with Crippen molar-refractivity contribution in [3.8, 4) is 0 Å². The predicted octanol–water partition coefficient (Wildman–Crippen LogP) is 0.975. The minimum atomic E-state index is 0.890. The smallest absolute Gasteiger partial charge is 0.0556 e. The van der Waals surface area contributed by atoms with Crippen LogP contribution < -0.4 is 5.32 Å². The van der Waals surface area contributed by atoms with Gasteiger partial charge < -0.3 is 10.1 Å². The fourth-order valence-corrected chi connectivity index (χ4v) is 0.880. The van der Waals surface area contributed by atoms with Crippen LogP contribution in [0, 0.1) is 0 Å². The highest BCUT2D eigenvalue weighted by molar-refractivity contribution is 7.98. The Morgan fingerprint density at radius 3 is 2.80 bits per heavy atom. The number of thioether (sulfide) groups is 1. The van der Waals surface area contributed by atoms with Gasteiger partial charge in [0.1, 0.15) is 0 Å². The van der Waals surface area contributed by atoms with Gasteiger partial charge in [0.2, 0.25) is 0 Å². The summed E-state index contributed by atoms with van der Waals surface area (Å²) in [5, 5.41) is 3.07. The molecule has 0 atom stereocenters. The summed E-state index contributed by atoms with van der Waals surface area (Å²) in [6, 6.07) is 0. The van der Waals surface area contributed by atoms with Gasteiger partial charge in [0.05, 0.1) is 6.61 Å². The number of nitrogens with one attached hydrogen (secondary N) is 1. The average Bonchev–Trinajstić information content (AvgIpc) is 1.97. The summed E-state index contributed by atoms with van der Waals surface area (Å²) < 4.78 is 5.32. The van der Waals surface area contributed by atoms with Crippen molar-refractivity contribution >= 4 is 11.8 Å². The monoisotopic (exact) mass is 163 g/mol. The van der Waals surface area contributed by atoms with Crippen molar-refractivity contribution in [3.63, 3.8) is 0 Å². The van der Waals surface area contributed by atoms with Gasteiger partial charge in [-0.25, -0.2) is 0 Å². The molecule has 0 fully saturated rings. The van der Waals surface area contributed by atoms with E-state index in [1.54, 1.807) is 0 Å². The molecule has 0 aromatic rings. The Morgan fingerprint density at radius 2 is 2.20 bits per heavy atom. The molecule has 0 saturated heterocycles. The lowest BCUT2D eigenvalue weighted by atomic mass is 10.4. The SMILES string of the molecule is CNCCCOCCSC. The second-order valence-electron chi connectivity index (χ2n) is 2.06. The number of hydrogen-bond acceptors (Lipinski definition) is 3. The van der Waals surface area contributed by atoms with Gasteiger partial charge in [-0.2, -0.15) is 11.8 Å². The van der Waals surface area contributed by atoms with E-state index in [0.29, 0.717) is 0 Å². The van der Waals surface area contributed by atoms with Gasteiger partial charge >= 0.3 is 0 Å². The Hall–Kier alpha value is 0.270. The maximum Gasteiger partial charge on any atom is 0.0556 e. The van der Waals surface area contributed by atoms with Crippen LogP contribution in [-0.4, -0.2) is 38.8 Å². The fourth-order valence-electron chi connectivity index (χ4n) is 0.595. The lowest BCUT2D eigenvalue weighted by molar-refractivity contribution is 0.147. The molecule has 0 aliphatic heterocycles. The van der Waals surface area contributed by atoms with Crippen LogP contribution >= 0.6 is 11.8 Å². The molecule has 62 valence electrons. The van der Waals surface area contributed by atoms with Gasteiger partial charge in [-0.3, -0.25) is 0 Å². The molecule has 0 saturated carbocycles. The van der Waals surface area contributed by atoms with Crippen LogP contribution in [0.1, 0.15) is 6.42 Å². The Bertz CT molecular complexity index is 53.6. The highest BCUT2D eigenvalue weighted by Crippen LogP contribution is 1.90. The first kappa shape index (κ1) is 10.3. The molecule has 10 heavy (non-hydrogen) atoms. The van der Waals surface area contributed by atoms with Crippen LogP contribution in [0.25, 0.3) is 0 Å². The molecule has 2 nitrogen and oxygen atoms in total. The van der Waals surface area contributed by atoms with Crippen LogP contribution in [-0.2, 0) is 4.74 Å². The van der Waals surface area contributed by atoms with E-state index in [4.69, 9.17) is 4.74 Å². The molecular weight excluding hydrogens is 146 g/mol. The van der Waals surface area contributed by atoms with Crippen LogP contribution in [0.4, 0.5) is 0 Å². The summed E-state index contributed by atoms with van der Waals surface area (Å²) in [6.45, 7) is 2.84. The van der Waals surface area contributed by atoms with E-state index < -0.39 is 0 Å². The molecule has 0 radical (unpaired) electrons. The van der Waals surface area contributed by atoms with Crippen LogP contribution in [0.15, 0.2) is 0 Å². The minimum Gasteiger partial charge on any atom is -0.381 e. The Balaban J connectivity index is 2.65. The normalized spacial score (nSPS) is 10.2. The molecule has 0 rings (SSSR count). The zero-order valence-electron chi connectivity index (χ0n) is 6.85. The van der Waals surface area contributed by atoms with Crippen molar-refractivity contribution in [2.24, 2.45) is 0 Å². The second-order valence-corrected chi connectivity index (χ2v) is 3.05. The average molecular weight is 163 g/mol. The fraction of sp³-hybridized carbons (Fsp3) is 1.00. The lowest BCUT2D eigenvalue weighted by Crippen LogP contribution is -2.11. The second kappa shape index (κ2) is 9.27. The highest BCUT2D eigenvalue weighted by Gasteiger charge is 1.86. The molecule has 0 aromatic carbocycles.